The molecule has 3 aromatic rings. The molecular formula is C22H26N4OS2. The third-order valence-electron chi connectivity index (χ3n) is 5.34. The van der Waals surface area contributed by atoms with Crippen LogP contribution in [0.4, 0.5) is 0 Å². The molecule has 29 heavy (non-hydrogen) atoms. The van der Waals surface area contributed by atoms with Gasteiger partial charge in [0.1, 0.15) is 9.88 Å². The first-order valence-corrected chi connectivity index (χ1v) is 11.9. The molecule has 7 heteroatoms. The summed E-state index contributed by atoms with van der Waals surface area (Å²) >= 11 is 3.15. The number of hydrogen-bond donors (Lipinski definition) is 0. The van der Waals surface area contributed by atoms with Gasteiger partial charge in [-0.05, 0) is 25.3 Å². The smallest absolute Gasteiger partial charge is 0.265 e. The molecule has 1 aliphatic heterocycles. The predicted octanol–water partition coefficient (Wildman–Crippen LogP) is 4.49. The van der Waals surface area contributed by atoms with Crippen molar-refractivity contribution in [3.05, 3.63) is 57.0 Å². The van der Waals surface area contributed by atoms with Crippen LogP contribution in [0.2, 0.25) is 0 Å². The van der Waals surface area contributed by atoms with Crippen molar-refractivity contribution in [2.24, 2.45) is 0 Å². The molecule has 0 unspecified atom stereocenters. The number of nitrogens with zero attached hydrogens (tertiary/aromatic N) is 4. The highest BCUT2D eigenvalue weighted by Gasteiger charge is 2.24. The van der Waals surface area contributed by atoms with E-state index in [4.69, 9.17) is 4.98 Å². The Morgan fingerprint density at radius 1 is 1.14 bits per heavy atom. The van der Waals surface area contributed by atoms with E-state index in [1.165, 1.54) is 16.9 Å². The van der Waals surface area contributed by atoms with Gasteiger partial charge in [-0.1, -0.05) is 31.2 Å². The average Bonchev–Trinajstić information content (AvgIpc) is 3.32. The van der Waals surface area contributed by atoms with Crippen LogP contribution in [0.1, 0.15) is 40.0 Å². The highest BCUT2D eigenvalue weighted by atomic mass is 32.1. The van der Waals surface area contributed by atoms with Crippen LogP contribution in [0, 0.1) is 6.92 Å². The molecule has 152 valence electrons. The number of thiazole rings is 2. The minimum Gasteiger partial charge on any atom is -0.337 e. The van der Waals surface area contributed by atoms with Crippen LogP contribution in [0.15, 0.2) is 35.2 Å². The minimum absolute atomic E-state index is 0.118. The zero-order chi connectivity index (χ0) is 20.2. The van der Waals surface area contributed by atoms with Crippen LogP contribution < -0.4 is 0 Å². The summed E-state index contributed by atoms with van der Waals surface area (Å²) in [7, 11) is 0. The Morgan fingerprint density at radius 3 is 2.69 bits per heavy atom. The van der Waals surface area contributed by atoms with Crippen molar-refractivity contribution in [3.63, 3.8) is 0 Å². The molecule has 1 amide bonds. The van der Waals surface area contributed by atoms with E-state index in [1.807, 2.05) is 17.3 Å². The second-order valence-electron chi connectivity index (χ2n) is 7.39. The SMILES string of the molecule is CCc1ccc(-c2nc(C)c(C(=O)N3CCCN(Cc4cscn4)CC3)s2)cc1. The van der Waals surface area contributed by atoms with Gasteiger partial charge in [0, 0.05) is 43.7 Å². The van der Waals surface area contributed by atoms with Gasteiger partial charge in [-0.25, -0.2) is 9.97 Å². The molecule has 1 aromatic carbocycles. The third-order valence-corrected chi connectivity index (χ3v) is 7.17. The van der Waals surface area contributed by atoms with Gasteiger partial charge in [-0.15, -0.1) is 22.7 Å². The molecule has 0 radical (unpaired) electrons. The van der Waals surface area contributed by atoms with E-state index >= 15 is 0 Å². The number of carbonyl (C=O) groups excluding carboxylic acids is 1. The highest BCUT2D eigenvalue weighted by Crippen LogP contribution is 2.29. The van der Waals surface area contributed by atoms with Crippen molar-refractivity contribution in [1.29, 1.82) is 0 Å². The monoisotopic (exact) mass is 426 g/mol. The van der Waals surface area contributed by atoms with Crippen LogP contribution in [-0.2, 0) is 13.0 Å². The number of aromatic nitrogens is 2. The molecule has 0 saturated carbocycles. The van der Waals surface area contributed by atoms with Crippen LogP contribution in [-0.4, -0.2) is 51.9 Å². The molecule has 0 atom stereocenters. The summed E-state index contributed by atoms with van der Waals surface area (Å²) < 4.78 is 0. The van der Waals surface area contributed by atoms with E-state index in [9.17, 15) is 4.79 Å². The summed E-state index contributed by atoms with van der Waals surface area (Å²) in [5, 5.41) is 3.02. The fourth-order valence-electron chi connectivity index (χ4n) is 3.62. The molecule has 2 aromatic heterocycles. The Labute approximate surface area is 180 Å². The summed E-state index contributed by atoms with van der Waals surface area (Å²) in [6, 6.07) is 8.49. The standard InChI is InChI=1S/C22H26N4OS2/c1-3-17-5-7-18(8-6-17)21-24-16(2)20(29-21)22(27)26-10-4-9-25(11-12-26)13-19-14-28-15-23-19/h5-8,14-15H,3-4,9-13H2,1-2H3. The first kappa shape index (κ1) is 20.2. The quantitative estimate of drug-likeness (QED) is 0.603. The van der Waals surface area contributed by atoms with Gasteiger partial charge in [-0.2, -0.15) is 0 Å². The van der Waals surface area contributed by atoms with Gasteiger partial charge < -0.3 is 4.90 Å². The van der Waals surface area contributed by atoms with E-state index in [0.717, 1.165) is 72.4 Å². The second-order valence-corrected chi connectivity index (χ2v) is 9.10. The maximum Gasteiger partial charge on any atom is 0.265 e. The number of aryl methyl sites for hydroxylation is 2. The van der Waals surface area contributed by atoms with Crippen LogP contribution in [0.25, 0.3) is 10.6 Å². The first-order valence-electron chi connectivity index (χ1n) is 10.1. The lowest BCUT2D eigenvalue weighted by Gasteiger charge is -2.21. The largest absolute Gasteiger partial charge is 0.337 e. The lowest BCUT2D eigenvalue weighted by molar-refractivity contribution is 0.0765. The fourth-order valence-corrected chi connectivity index (χ4v) is 5.21. The average molecular weight is 427 g/mol. The summed E-state index contributed by atoms with van der Waals surface area (Å²) in [5.74, 6) is 0.118. The Kier molecular flexibility index (Phi) is 6.37. The van der Waals surface area contributed by atoms with Crippen LogP contribution in [0.5, 0.6) is 0 Å². The maximum absolute atomic E-state index is 13.2. The number of benzene rings is 1. The van der Waals surface area contributed by atoms with E-state index in [-0.39, 0.29) is 5.91 Å². The van der Waals surface area contributed by atoms with E-state index in [2.05, 4.69) is 46.5 Å². The topological polar surface area (TPSA) is 49.3 Å². The molecule has 0 aliphatic carbocycles. The van der Waals surface area contributed by atoms with Gasteiger partial charge in [0.25, 0.3) is 5.91 Å². The Morgan fingerprint density at radius 2 is 1.97 bits per heavy atom. The van der Waals surface area contributed by atoms with Gasteiger partial charge in [0.05, 0.1) is 16.9 Å². The molecule has 0 N–H and O–H groups in total. The zero-order valence-electron chi connectivity index (χ0n) is 16.9. The van der Waals surface area contributed by atoms with Crippen molar-refractivity contribution in [2.45, 2.75) is 33.2 Å². The predicted molar refractivity (Wildman–Crippen MR) is 120 cm³/mol. The number of rotatable bonds is 5. The number of amides is 1. The van der Waals surface area contributed by atoms with E-state index in [0.29, 0.717) is 0 Å². The lowest BCUT2D eigenvalue weighted by atomic mass is 10.1. The molecule has 5 nitrogen and oxygen atoms in total. The van der Waals surface area contributed by atoms with E-state index < -0.39 is 0 Å². The second kappa shape index (κ2) is 9.15. The third kappa shape index (κ3) is 4.74. The van der Waals surface area contributed by atoms with Crippen molar-refractivity contribution in [1.82, 2.24) is 19.8 Å². The maximum atomic E-state index is 13.2. The van der Waals surface area contributed by atoms with Gasteiger partial charge in [-0.3, -0.25) is 9.69 Å². The van der Waals surface area contributed by atoms with Crippen molar-refractivity contribution < 1.29 is 4.79 Å². The van der Waals surface area contributed by atoms with Gasteiger partial charge in [0.15, 0.2) is 0 Å². The van der Waals surface area contributed by atoms with E-state index in [1.54, 1.807) is 11.3 Å². The molecule has 0 bridgehead atoms. The first-order chi connectivity index (χ1) is 14.1. The van der Waals surface area contributed by atoms with Crippen LogP contribution >= 0.6 is 22.7 Å². The molecule has 4 rings (SSSR count). The zero-order valence-corrected chi connectivity index (χ0v) is 18.6. The molecule has 3 heterocycles. The molecule has 1 fully saturated rings. The Hall–Kier alpha value is -2.09. The van der Waals surface area contributed by atoms with Crippen molar-refractivity contribution >= 4 is 28.6 Å². The fraction of sp³-hybridized carbons (Fsp3) is 0.409. The Bertz CT molecular complexity index is 950. The highest BCUT2D eigenvalue weighted by molar-refractivity contribution is 7.17. The van der Waals surface area contributed by atoms with Gasteiger partial charge in [0.2, 0.25) is 0 Å². The number of carbonyl (C=O) groups is 1. The Balaban J connectivity index is 1.44. The molecule has 1 saturated heterocycles. The normalized spacial score (nSPS) is 15.4. The van der Waals surface area contributed by atoms with Crippen molar-refractivity contribution in [2.75, 3.05) is 26.2 Å². The molecular weight excluding hydrogens is 400 g/mol. The van der Waals surface area contributed by atoms with Crippen molar-refractivity contribution in [3.8, 4) is 10.6 Å². The lowest BCUT2D eigenvalue weighted by Crippen LogP contribution is -2.35. The van der Waals surface area contributed by atoms with Gasteiger partial charge >= 0.3 is 0 Å². The van der Waals surface area contributed by atoms with Crippen LogP contribution in [0.3, 0.4) is 0 Å². The summed E-state index contributed by atoms with van der Waals surface area (Å²) in [5.41, 5.74) is 6.22. The molecule has 1 aliphatic rings. The summed E-state index contributed by atoms with van der Waals surface area (Å²) in [6.07, 6.45) is 2.01. The minimum atomic E-state index is 0.118. The molecule has 0 spiro atoms. The number of hydrogen-bond acceptors (Lipinski definition) is 6. The summed E-state index contributed by atoms with van der Waals surface area (Å²) in [6.45, 7) is 8.39. The summed E-state index contributed by atoms with van der Waals surface area (Å²) in [4.78, 5) is 27.4.